The number of rotatable bonds is 9. The minimum absolute atomic E-state index is 0.367. The van der Waals surface area contributed by atoms with E-state index in [-0.39, 0.29) is 0 Å². The van der Waals surface area contributed by atoms with E-state index in [9.17, 15) is 8.42 Å². The smallest absolute Gasteiger partial charge is 0.279 e. The Bertz CT molecular complexity index is 355. The molecule has 0 spiro atoms. The van der Waals surface area contributed by atoms with E-state index in [4.69, 9.17) is 0 Å². The number of thioether (sulfide) groups is 1. The quantitative estimate of drug-likeness (QED) is 0.668. The van der Waals surface area contributed by atoms with Crippen LogP contribution in [0.1, 0.15) is 26.7 Å². The van der Waals surface area contributed by atoms with Gasteiger partial charge in [0.2, 0.25) is 0 Å². The fourth-order valence-electron chi connectivity index (χ4n) is 2.38. The van der Waals surface area contributed by atoms with Crippen LogP contribution in [0.3, 0.4) is 0 Å². The first-order valence-electron chi connectivity index (χ1n) is 7.44. The van der Waals surface area contributed by atoms with Gasteiger partial charge in [-0.3, -0.25) is 0 Å². The number of nitrogens with zero attached hydrogens (tertiary/aromatic N) is 1. The molecular weight excluding hydrogens is 294 g/mol. The molecule has 5 nitrogen and oxygen atoms in total. The zero-order chi connectivity index (χ0) is 15.0. The second kappa shape index (κ2) is 9.25. The summed E-state index contributed by atoms with van der Waals surface area (Å²) in [5, 5.41) is 3.34. The van der Waals surface area contributed by atoms with Gasteiger partial charge in [-0.05, 0) is 49.8 Å². The largest absolute Gasteiger partial charge is 0.317 e. The molecule has 0 saturated carbocycles. The van der Waals surface area contributed by atoms with E-state index in [2.05, 4.69) is 23.9 Å². The van der Waals surface area contributed by atoms with Gasteiger partial charge in [-0.25, -0.2) is 4.72 Å². The molecule has 1 aliphatic heterocycles. The number of hydrogen-bond donors (Lipinski definition) is 2. The minimum Gasteiger partial charge on any atom is -0.317 e. The Hall–Kier alpha value is 0.180. The maximum Gasteiger partial charge on any atom is 0.279 e. The molecule has 1 unspecified atom stereocenters. The standard InChI is InChI=1S/C13H29N3O2S2/c1-4-14-10-13-5-7-16(8-6-13)20(17,18)15-9-12(2)11-19-3/h12-15H,4-11H2,1-3H3. The van der Waals surface area contributed by atoms with Gasteiger partial charge in [-0.2, -0.15) is 24.5 Å². The van der Waals surface area contributed by atoms with E-state index < -0.39 is 10.2 Å². The number of hydrogen-bond acceptors (Lipinski definition) is 4. The molecular formula is C13H29N3O2S2. The van der Waals surface area contributed by atoms with Crippen molar-refractivity contribution in [1.29, 1.82) is 0 Å². The fraction of sp³-hybridized carbons (Fsp3) is 1.00. The van der Waals surface area contributed by atoms with Crippen molar-refractivity contribution in [2.45, 2.75) is 26.7 Å². The molecule has 0 aromatic heterocycles. The first-order chi connectivity index (χ1) is 9.49. The molecule has 7 heteroatoms. The lowest BCUT2D eigenvalue weighted by Gasteiger charge is -2.31. The summed E-state index contributed by atoms with van der Waals surface area (Å²) in [7, 11) is -3.29. The lowest BCUT2D eigenvalue weighted by atomic mass is 9.98. The van der Waals surface area contributed by atoms with Crippen LogP contribution < -0.4 is 10.0 Å². The summed E-state index contributed by atoms with van der Waals surface area (Å²) in [6, 6.07) is 0. The average molecular weight is 324 g/mol. The van der Waals surface area contributed by atoms with Crippen molar-refractivity contribution >= 4 is 22.0 Å². The van der Waals surface area contributed by atoms with Crippen molar-refractivity contribution in [2.24, 2.45) is 11.8 Å². The Morgan fingerprint density at radius 2 is 2.00 bits per heavy atom. The normalized spacial score (nSPS) is 20.1. The molecule has 0 amide bonds. The Morgan fingerprint density at radius 1 is 1.35 bits per heavy atom. The molecule has 1 rings (SSSR count). The molecule has 0 bridgehead atoms. The Labute approximate surface area is 128 Å². The number of nitrogens with one attached hydrogen (secondary N) is 2. The molecule has 0 aliphatic carbocycles. The van der Waals surface area contributed by atoms with Crippen molar-refractivity contribution in [1.82, 2.24) is 14.3 Å². The highest BCUT2D eigenvalue weighted by Gasteiger charge is 2.27. The first kappa shape index (κ1) is 18.2. The van der Waals surface area contributed by atoms with E-state index >= 15 is 0 Å². The highest BCUT2D eigenvalue weighted by Crippen LogP contribution is 2.18. The molecule has 0 radical (unpaired) electrons. The van der Waals surface area contributed by atoms with E-state index in [1.807, 2.05) is 6.26 Å². The summed E-state index contributed by atoms with van der Waals surface area (Å²) < 4.78 is 28.8. The van der Waals surface area contributed by atoms with Crippen molar-refractivity contribution < 1.29 is 8.42 Å². The minimum atomic E-state index is -3.29. The zero-order valence-electron chi connectivity index (χ0n) is 12.9. The van der Waals surface area contributed by atoms with Crippen LogP contribution in [-0.2, 0) is 10.2 Å². The lowest BCUT2D eigenvalue weighted by molar-refractivity contribution is 0.265. The average Bonchev–Trinajstić information content (AvgIpc) is 2.44. The molecule has 20 heavy (non-hydrogen) atoms. The van der Waals surface area contributed by atoms with Crippen molar-refractivity contribution in [3.63, 3.8) is 0 Å². The van der Waals surface area contributed by atoms with Crippen LogP contribution >= 0.6 is 11.8 Å². The summed E-state index contributed by atoms with van der Waals surface area (Å²) >= 11 is 1.75. The third-order valence-electron chi connectivity index (χ3n) is 3.66. The van der Waals surface area contributed by atoms with Crippen LogP contribution in [0.4, 0.5) is 0 Å². The predicted molar refractivity (Wildman–Crippen MR) is 87.3 cm³/mol. The van der Waals surface area contributed by atoms with Crippen molar-refractivity contribution in [3.8, 4) is 0 Å². The highest BCUT2D eigenvalue weighted by atomic mass is 32.2. The van der Waals surface area contributed by atoms with Gasteiger partial charge >= 0.3 is 0 Å². The van der Waals surface area contributed by atoms with Gasteiger partial charge in [-0.15, -0.1) is 0 Å². The summed E-state index contributed by atoms with van der Waals surface area (Å²) in [6.45, 7) is 7.96. The molecule has 0 aromatic rings. The molecule has 1 atom stereocenters. The predicted octanol–water partition coefficient (Wildman–Crippen LogP) is 1.14. The van der Waals surface area contributed by atoms with Gasteiger partial charge in [0.25, 0.3) is 10.2 Å². The third kappa shape index (κ3) is 6.30. The molecule has 1 heterocycles. The maximum absolute atomic E-state index is 12.2. The molecule has 2 N–H and O–H groups in total. The number of piperidine rings is 1. The monoisotopic (exact) mass is 323 g/mol. The van der Waals surface area contributed by atoms with Crippen molar-refractivity contribution in [3.05, 3.63) is 0 Å². The van der Waals surface area contributed by atoms with Crippen LogP contribution in [0.15, 0.2) is 0 Å². The van der Waals surface area contributed by atoms with Crippen LogP contribution in [0.25, 0.3) is 0 Å². The molecule has 120 valence electrons. The van der Waals surface area contributed by atoms with E-state index in [1.165, 1.54) is 0 Å². The fourth-order valence-corrected chi connectivity index (χ4v) is 4.44. The van der Waals surface area contributed by atoms with Crippen LogP contribution in [-0.4, -0.2) is 57.5 Å². The van der Waals surface area contributed by atoms with Gasteiger partial charge in [0.05, 0.1) is 0 Å². The zero-order valence-corrected chi connectivity index (χ0v) is 14.5. The van der Waals surface area contributed by atoms with Crippen molar-refractivity contribution in [2.75, 3.05) is 44.7 Å². The Kier molecular flexibility index (Phi) is 8.43. The third-order valence-corrected chi connectivity index (χ3v) is 6.14. The van der Waals surface area contributed by atoms with Gasteiger partial charge in [0.1, 0.15) is 0 Å². The van der Waals surface area contributed by atoms with Gasteiger partial charge < -0.3 is 5.32 Å². The summed E-state index contributed by atoms with van der Waals surface area (Å²) in [5.41, 5.74) is 0. The SMILES string of the molecule is CCNCC1CCN(S(=O)(=O)NCC(C)CSC)CC1. The topological polar surface area (TPSA) is 61.4 Å². The highest BCUT2D eigenvalue weighted by molar-refractivity contribution is 7.98. The lowest BCUT2D eigenvalue weighted by Crippen LogP contribution is -2.47. The summed E-state index contributed by atoms with van der Waals surface area (Å²) in [6.07, 6.45) is 3.95. The Morgan fingerprint density at radius 3 is 2.55 bits per heavy atom. The van der Waals surface area contributed by atoms with E-state index in [1.54, 1.807) is 16.1 Å². The van der Waals surface area contributed by atoms with E-state index in [0.717, 1.165) is 31.7 Å². The van der Waals surface area contributed by atoms with Crippen LogP contribution in [0.2, 0.25) is 0 Å². The molecule has 1 fully saturated rings. The maximum atomic E-state index is 12.2. The Balaban J connectivity index is 2.35. The second-order valence-corrected chi connectivity index (χ2v) is 8.23. The van der Waals surface area contributed by atoms with E-state index in [0.29, 0.717) is 31.5 Å². The van der Waals surface area contributed by atoms with Crippen LogP contribution in [0, 0.1) is 11.8 Å². The summed E-state index contributed by atoms with van der Waals surface area (Å²) in [4.78, 5) is 0. The second-order valence-electron chi connectivity index (χ2n) is 5.56. The van der Waals surface area contributed by atoms with Gasteiger partial charge in [-0.1, -0.05) is 13.8 Å². The molecule has 1 aliphatic rings. The van der Waals surface area contributed by atoms with Gasteiger partial charge in [0, 0.05) is 19.6 Å². The molecule has 0 aromatic carbocycles. The van der Waals surface area contributed by atoms with Gasteiger partial charge in [0.15, 0.2) is 0 Å². The molecule has 1 saturated heterocycles. The first-order valence-corrected chi connectivity index (χ1v) is 10.3. The summed E-state index contributed by atoms with van der Waals surface area (Å²) in [5.74, 6) is 1.95. The van der Waals surface area contributed by atoms with Crippen LogP contribution in [0.5, 0.6) is 0 Å².